The molecule has 0 aliphatic heterocycles. The number of nitrogens with zero attached hydrogens (tertiary/aromatic N) is 2. The van der Waals surface area contributed by atoms with Crippen LogP contribution in [0.4, 0.5) is 13.2 Å². The summed E-state index contributed by atoms with van der Waals surface area (Å²) in [7, 11) is 0. The Hall–Kier alpha value is -2.18. The SMILES string of the molecule is CC(=O)c1nc(C(F)(F)F)nc2cccc(O)c12. The van der Waals surface area contributed by atoms with Gasteiger partial charge in [0.15, 0.2) is 5.78 Å². The fraction of sp³-hybridized carbons (Fsp3) is 0.182. The summed E-state index contributed by atoms with van der Waals surface area (Å²) in [6, 6.07) is 3.87. The van der Waals surface area contributed by atoms with Crippen molar-refractivity contribution >= 4 is 16.7 Å². The number of carbonyl (C=O) groups excluding carboxylic acids is 1. The van der Waals surface area contributed by atoms with E-state index in [4.69, 9.17) is 0 Å². The summed E-state index contributed by atoms with van der Waals surface area (Å²) in [5.74, 6) is -2.40. The number of rotatable bonds is 1. The zero-order valence-corrected chi connectivity index (χ0v) is 9.12. The van der Waals surface area contributed by atoms with E-state index in [9.17, 15) is 23.1 Å². The van der Waals surface area contributed by atoms with E-state index < -0.39 is 23.5 Å². The zero-order valence-electron chi connectivity index (χ0n) is 9.12. The number of phenols is 1. The number of alkyl halides is 3. The van der Waals surface area contributed by atoms with Crippen molar-refractivity contribution in [1.29, 1.82) is 0 Å². The molecule has 94 valence electrons. The molecule has 2 aromatic rings. The van der Waals surface area contributed by atoms with Gasteiger partial charge in [0.1, 0.15) is 11.4 Å². The van der Waals surface area contributed by atoms with Crippen LogP contribution in [-0.2, 0) is 6.18 Å². The van der Waals surface area contributed by atoms with Crippen LogP contribution in [0.5, 0.6) is 5.75 Å². The Morgan fingerprint density at radius 3 is 2.50 bits per heavy atom. The lowest BCUT2D eigenvalue weighted by Gasteiger charge is -2.09. The molecule has 1 heterocycles. The minimum atomic E-state index is -4.75. The highest BCUT2D eigenvalue weighted by Crippen LogP contribution is 2.31. The first-order valence-electron chi connectivity index (χ1n) is 4.88. The van der Waals surface area contributed by atoms with E-state index in [1.165, 1.54) is 18.2 Å². The molecule has 2 rings (SSSR count). The molecule has 0 atom stereocenters. The molecular weight excluding hydrogens is 249 g/mol. The van der Waals surface area contributed by atoms with Crippen LogP contribution < -0.4 is 0 Å². The second-order valence-electron chi connectivity index (χ2n) is 3.62. The van der Waals surface area contributed by atoms with Crippen LogP contribution in [-0.4, -0.2) is 20.9 Å². The lowest BCUT2D eigenvalue weighted by atomic mass is 10.1. The smallest absolute Gasteiger partial charge is 0.451 e. The Morgan fingerprint density at radius 2 is 1.94 bits per heavy atom. The molecule has 1 aromatic carbocycles. The highest BCUT2D eigenvalue weighted by Gasteiger charge is 2.36. The minimum Gasteiger partial charge on any atom is -0.507 e. The number of fused-ring (bicyclic) bond motifs is 1. The summed E-state index contributed by atoms with van der Waals surface area (Å²) in [5, 5.41) is 9.51. The van der Waals surface area contributed by atoms with E-state index in [0.29, 0.717) is 0 Å². The molecule has 18 heavy (non-hydrogen) atoms. The number of halogens is 3. The molecule has 0 spiro atoms. The molecular formula is C11H7F3N2O2. The summed E-state index contributed by atoms with van der Waals surface area (Å²) < 4.78 is 37.7. The molecule has 0 unspecified atom stereocenters. The van der Waals surface area contributed by atoms with Gasteiger partial charge in [0, 0.05) is 6.92 Å². The van der Waals surface area contributed by atoms with Crippen LogP contribution in [0.1, 0.15) is 23.2 Å². The first kappa shape index (κ1) is 12.3. The van der Waals surface area contributed by atoms with Crippen LogP contribution in [0.2, 0.25) is 0 Å². The fourth-order valence-electron chi connectivity index (χ4n) is 1.55. The van der Waals surface area contributed by atoms with Gasteiger partial charge in [-0.05, 0) is 12.1 Å². The van der Waals surface area contributed by atoms with Crippen molar-refractivity contribution in [3.05, 3.63) is 29.7 Å². The molecule has 0 bridgehead atoms. The van der Waals surface area contributed by atoms with Gasteiger partial charge in [-0.1, -0.05) is 6.07 Å². The lowest BCUT2D eigenvalue weighted by molar-refractivity contribution is -0.144. The number of Topliss-reactive ketones (excluding diaryl/α,β-unsaturated/α-hetero) is 1. The summed E-state index contributed by atoms with van der Waals surface area (Å²) >= 11 is 0. The maximum Gasteiger partial charge on any atom is 0.451 e. The summed E-state index contributed by atoms with van der Waals surface area (Å²) in [5.41, 5.74) is -0.562. The van der Waals surface area contributed by atoms with E-state index in [-0.39, 0.29) is 16.7 Å². The van der Waals surface area contributed by atoms with Crippen molar-refractivity contribution in [1.82, 2.24) is 9.97 Å². The van der Waals surface area contributed by atoms with Crippen molar-refractivity contribution in [2.24, 2.45) is 0 Å². The molecule has 0 saturated heterocycles. The molecule has 7 heteroatoms. The topological polar surface area (TPSA) is 63.1 Å². The number of ketones is 1. The van der Waals surface area contributed by atoms with Crippen LogP contribution in [0, 0.1) is 0 Å². The molecule has 0 fully saturated rings. The van der Waals surface area contributed by atoms with Gasteiger partial charge < -0.3 is 5.11 Å². The maximum atomic E-state index is 12.6. The van der Waals surface area contributed by atoms with Gasteiger partial charge in [0.2, 0.25) is 5.82 Å². The molecule has 1 aromatic heterocycles. The number of hydrogen-bond donors (Lipinski definition) is 1. The van der Waals surface area contributed by atoms with Crippen molar-refractivity contribution in [2.75, 3.05) is 0 Å². The minimum absolute atomic E-state index is 0.0713. The average molecular weight is 256 g/mol. The molecule has 0 aliphatic rings. The second kappa shape index (κ2) is 3.94. The Kier molecular flexibility index (Phi) is 2.68. The highest BCUT2D eigenvalue weighted by molar-refractivity contribution is 6.06. The van der Waals surface area contributed by atoms with E-state index in [0.717, 1.165) is 6.92 Å². The van der Waals surface area contributed by atoms with Gasteiger partial charge >= 0.3 is 6.18 Å². The van der Waals surface area contributed by atoms with E-state index in [2.05, 4.69) is 9.97 Å². The van der Waals surface area contributed by atoms with Gasteiger partial charge in [-0.15, -0.1) is 0 Å². The van der Waals surface area contributed by atoms with Crippen molar-refractivity contribution in [3.8, 4) is 5.75 Å². The van der Waals surface area contributed by atoms with Crippen molar-refractivity contribution in [3.63, 3.8) is 0 Å². The van der Waals surface area contributed by atoms with Crippen molar-refractivity contribution in [2.45, 2.75) is 13.1 Å². The highest BCUT2D eigenvalue weighted by atomic mass is 19.4. The van der Waals surface area contributed by atoms with Gasteiger partial charge in [-0.25, -0.2) is 9.97 Å². The lowest BCUT2D eigenvalue weighted by Crippen LogP contribution is -2.14. The monoisotopic (exact) mass is 256 g/mol. The standard InChI is InChI=1S/C11H7F3N2O2/c1-5(17)9-8-6(3-2-4-7(8)18)15-10(16-9)11(12,13)14/h2-4,18H,1H3. The third-order valence-corrected chi connectivity index (χ3v) is 2.29. The number of aromatic hydroxyl groups is 1. The Bertz CT molecular complexity index is 638. The largest absolute Gasteiger partial charge is 0.507 e. The number of benzene rings is 1. The third kappa shape index (κ3) is 1.99. The molecule has 1 N–H and O–H groups in total. The van der Waals surface area contributed by atoms with Crippen LogP contribution in [0.15, 0.2) is 18.2 Å². The van der Waals surface area contributed by atoms with E-state index in [1.54, 1.807) is 0 Å². The first-order valence-corrected chi connectivity index (χ1v) is 4.88. The van der Waals surface area contributed by atoms with Gasteiger partial charge in [-0.2, -0.15) is 13.2 Å². The summed E-state index contributed by atoms with van der Waals surface area (Å²) in [4.78, 5) is 17.8. The van der Waals surface area contributed by atoms with Gasteiger partial charge in [-0.3, -0.25) is 4.79 Å². The van der Waals surface area contributed by atoms with Crippen LogP contribution >= 0.6 is 0 Å². The summed E-state index contributed by atoms with van der Waals surface area (Å²) in [6.45, 7) is 1.08. The third-order valence-electron chi connectivity index (χ3n) is 2.29. The number of carbonyl (C=O) groups is 1. The van der Waals surface area contributed by atoms with Crippen LogP contribution in [0.25, 0.3) is 10.9 Å². The number of phenolic OH excluding ortho intramolecular Hbond substituents is 1. The Balaban J connectivity index is 2.88. The second-order valence-corrected chi connectivity index (χ2v) is 3.62. The molecule has 0 saturated carbocycles. The van der Waals surface area contributed by atoms with E-state index in [1.807, 2.05) is 0 Å². The van der Waals surface area contributed by atoms with Crippen molar-refractivity contribution < 1.29 is 23.1 Å². The molecule has 4 nitrogen and oxygen atoms in total. The fourth-order valence-corrected chi connectivity index (χ4v) is 1.55. The average Bonchev–Trinajstić information content (AvgIpc) is 2.26. The number of aromatic nitrogens is 2. The van der Waals surface area contributed by atoms with Crippen LogP contribution in [0.3, 0.4) is 0 Å². The predicted octanol–water partition coefficient (Wildman–Crippen LogP) is 2.56. The van der Waals surface area contributed by atoms with E-state index >= 15 is 0 Å². The normalized spacial score (nSPS) is 11.8. The first-order chi connectivity index (χ1) is 8.30. The quantitative estimate of drug-likeness (QED) is 0.796. The zero-order chi connectivity index (χ0) is 13.5. The predicted molar refractivity (Wildman–Crippen MR) is 56.2 cm³/mol. The maximum absolute atomic E-state index is 12.6. The molecule has 0 amide bonds. The Labute approximate surface area is 99.1 Å². The summed E-state index contributed by atoms with van der Waals surface area (Å²) in [6.07, 6.45) is -4.75. The van der Waals surface area contributed by atoms with Gasteiger partial charge in [0.25, 0.3) is 0 Å². The Morgan fingerprint density at radius 1 is 1.28 bits per heavy atom. The van der Waals surface area contributed by atoms with Gasteiger partial charge in [0.05, 0.1) is 10.9 Å². The molecule has 0 aliphatic carbocycles. The molecule has 0 radical (unpaired) electrons. The number of hydrogen-bond acceptors (Lipinski definition) is 4.